The minimum absolute atomic E-state index is 0.0220. The molecular weight excluding hydrogens is 461 g/mol. The van der Waals surface area contributed by atoms with Crippen LogP contribution in [0.1, 0.15) is 40.2 Å². The van der Waals surface area contributed by atoms with Crippen LogP contribution in [0.15, 0.2) is 80.4 Å². The smallest absolute Gasteiger partial charge is 0.295 e. The van der Waals surface area contributed by atoms with E-state index in [1.54, 1.807) is 35.2 Å². The molecule has 0 spiro atoms. The summed E-state index contributed by atoms with van der Waals surface area (Å²) < 4.78 is 20.3. The Balaban J connectivity index is 1.78. The van der Waals surface area contributed by atoms with Crippen molar-refractivity contribution < 1.29 is 13.6 Å². The average molecular weight is 478 g/mol. The minimum Gasteiger partial charge on any atom is -0.450 e. The van der Waals surface area contributed by atoms with Gasteiger partial charge in [0.05, 0.1) is 17.0 Å². The van der Waals surface area contributed by atoms with Gasteiger partial charge in [0.25, 0.3) is 5.91 Å². The molecule has 0 aliphatic carbocycles. The lowest BCUT2D eigenvalue weighted by molar-refractivity contribution is 0.0971. The molecule has 1 atom stereocenters. The summed E-state index contributed by atoms with van der Waals surface area (Å²) in [5.74, 6) is -0.758. The van der Waals surface area contributed by atoms with Crippen LogP contribution in [0.25, 0.3) is 11.0 Å². The molecule has 0 N–H and O–H groups in total. The molecule has 31 heavy (non-hydrogen) atoms. The summed E-state index contributed by atoms with van der Waals surface area (Å²) in [6.07, 6.45) is 0.871. The number of aryl methyl sites for hydroxylation is 1. The van der Waals surface area contributed by atoms with Gasteiger partial charge in [0, 0.05) is 10.2 Å². The predicted octanol–water partition coefficient (Wildman–Crippen LogP) is 6.01. The van der Waals surface area contributed by atoms with E-state index in [-0.39, 0.29) is 22.6 Å². The maximum Gasteiger partial charge on any atom is 0.295 e. The van der Waals surface area contributed by atoms with Crippen molar-refractivity contribution in [2.45, 2.75) is 19.4 Å². The number of halogens is 2. The third-order valence-electron chi connectivity index (χ3n) is 5.64. The molecule has 5 rings (SSSR count). The van der Waals surface area contributed by atoms with Crippen LogP contribution in [-0.2, 0) is 6.42 Å². The summed E-state index contributed by atoms with van der Waals surface area (Å²) in [7, 11) is 0. The third-order valence-corrected chi connectivity index (χ3v) is 6.13. The first-order chi connectivity index (χ1) is 15.0. The lowest BCUT2D eigenvalue weighted by Gasteiger charge is -2.25. The number of amides is 1. The van der Waals surface area contributed by atoms with Crippen molar-refractivity contribution >= 4 is 38.5 Å². The molecule has 0 saturated carbocycles. The van der Waals surface area contributed by atoms with E-state index in [0.29, 0.717) is 22.2 Å². The Bertz CT molecular complexity index is 1380. The lowest BCUT2D eigenvalue weighted by atomic mass is 9.98. The van der Waals surface area contributed by atoms with E-state index >= 15 is 0 Å². The minimum atomic E-state index is -0.713. The van der Waals surface area contributed by atoms with E-state index in [1.807, 2.05) is 24.3 Å². The fourth-order valence-corrected chi connectivity index (χ4v) is 4.43. The highest BCUT2D eigenvalue weighted by molar-refractivity contribution is 9.10. The molecule has 0 fully saturated rings. The van der Waals surface area contributed by atoms with Gasteiger partial charge in [-0.2, -0.15) is 0 Å². The second-order valence-corrected chi connectivity index (χ2v) is 8.38. The molecule has 0 bridgehead atoms. The zero-order valence-corrected chi connectivity index (χ0v) is 18.1. The van der Waals surface area contributed by atoms with Crippen LogP contribution in [0, 0.1) is 5.82 Å². The fourth-order valence-electron chi connectivity index (χ4n) is 4.06. The van der Waals surface area contributed by atoms with E-state index in [0.717, 1.165) is 16.5 Å². The molecule has 1 aliphatic rings. The Morgan fingerprint density at radius 1 is 1.00 bits per heavy atom. The number of anilines is 1. The van der Waals surface area contributed by atoms with Crippen LogP contribution in [0.2, 0.25) is 0 Å². The van der Waals surface area contributed by atoms with Crippen LogP contribution in [0.4, 0.5) is 10.1 Å². The van der Waals surface area contributed by atoms with Gasteiger partial charge >= 0.3 is 0 Å². The van der Waals surface area contributed by atoms with Gasteiger partial charge in [-0.3, -0.25) is 14.5 Å². The molecule has 4 aromatic rings. The summed E-state index contributed by atoms with van der Waals surface area (Å²) in [6, 6.07) is 17.9. The van der Waals surface area contributed by atoms with Crippen molar-refractivity contribution in [1.82, 2.24) is 0 Å². The van der Waals surface area contributed by atoms with Crippen molar-refractivity contribution in [2.75, 3.05) is 4.90 Å². The molecule has 1 amide bonds. The summed E-state index contributed by atoms with van der Waals surface area (Å²) in [4.78, 5) is 28.5. The van der Waals surface area contributed by atoms with Crippen LogP contribution >= 0.6 is 15.9 Å². The second kappa shape index (κ2) is 7.46. The summed E-state index contributed by atoms with van der Waals surface area (Å²) in [6.45, 7) is 2.06. The van der Waals surface area contributed by atoms with Gasteiger partial charge in [0.1, 0.15) is 11.4 Å². The number of nitrogens with zero attached hydrogens (tertiary/aromatic N) is 1. The van der Waals surface area contributed by atoms with Crippen molar-refractivity contribution in [3.8, 4) is 0 Å². The topological polar surface area (TPSA) is 50.5 Å². The van der Waals surface area contributed by atoms with Crippen LogP contribution in [0.3, 0.4) is 0 Å². The molecule has 4 nitrogen and oxygen atoms in total. The number of hydrogen-bond donors (Lipinski definition) is 0. The molecule has 1 unspecified atom stereocenters. The van der Waals surface area contributed by atoms with Crippen LogP contribution < -0.4 is 10.3 Å². The van der Waals surface area contributed by atoms with Crippen molar-refractivity contribution in [3.05, 3.63) is 110 Å². The Kier molecular flexibility index (Phi) is 4.74. The Labute approximate surface area is 186 Å². The highest BCUT2D eigenvalue weighted by Gasteiger charge is 2.43. The zero-order valence-electron chi connectivity index (χ0n) is 16.6. The normalized spacial score (nSPS) is 15.5. The third kappa shape index (κ3) is 3.18. The monoisotopic (exact) mass is 477 g/mol. The van der Waals surface area contributed by atoms with E-state index in [2.05, 4.69) is 22.9 Å². The molecule has 1 aromatic heterocycles. The zero-order chi connectivity index (χ0) is 21.7. The SMILES string of the molecule is CCc1ccc(N2C(=O)c3oc4ccc(Br)cc4c(=O)c3C2c2ccc(F)cc2)cc1. The maximum atomic E-state index is 13.6. The van der Waals surface area contributed by atoms with Gasteiger partial charge in [-0.05, 0) is 60.0 Å². The number of rotatable bonds is 3. The van der Waals surface area contributed by atoms with Crippen molar-refractivity contribution in [2.24, 2.45) is 0 Å². The first kappa shape index (κ1) is 19.7. The summed E-state index contributed by atoms with van der Waals surface area (Å²) in [5.41, 5.74) is 2.76. The van der Waals surface area contributed by atoms with Crippen molar-refractivity contribution in [1.29, 1.82) is 0 Å². The summed E-state index contributed by atoms with van der Waals surface area (Å²) in [5, 5.41) is 0.385. The van der Waals surface area contributed by atoms with E-state index in [9.17, 15) is 14.0 Å². The molecule has 2 heterocycles. The Hall–Kier alpha value is -3.25. The first-order valence-electron chi connectivity index (χ1n) is 9.92. The number of carbonyl (C=O) groups is 1. The highest BCUT2D eigenvalue weighted by Crippen LogP contribution is 2.41. The van der Waals surface area contributed by atoms with Gasteiger partial charge in [0.2, 0.25) is 5.76 Å². The molecule has 1 aliphatic heterocycles. The average Bonchev–Trinajstić information content (AvgIpc) is 3.07. The largest absolute Gasteiger partial charge is 0.450 e. The Morgan fingerprint density at radius 3 is 2.39 bits per heavy atom. The lowest BCUT2D eigenvalue weighted by Crippen LogP contribution is -2.29. The standard InChI is InChI=1S/C25H17BrFNO3/c1-2-14-3-10-18(11-4-14)28-22(15-5-8-17(27)9-6-15)21-23(29)19-13-16(26)7-12-20(19)31-24(21)25(28)30/h3-13,22H,2H2,1H3. The van der Waals surface area contributed by atoms with E-state index in [1.165, 1.54) is 12.1 Å². The van der Waals surface area contributed by atoms with E-state index < -0.39 is 11.9 Å². The molecule has 154 valence electrons. The quantitative estimate of drug-likeness (QED) is 0.363. The van der Waals surface area contributed by atoms with Gasteiger partial charge in [-0.15, -0.1) is 0 Å². The van der Waals surface area contributed by atoms with Crippen molar-refractivity contribution in [3.63, 3.8) is 0 Å². The number of carbonyl (C=O) groups excluding carboxylic acids is 1. The van der Waals surface area contributed by atoms with Gasteiger partial charge in [-0.1, -0.05) is 47.1 Å². The predicted molar refractivity (Wildman–Crippen MR) is 121 cm³/mol. The van der Waals surface area contributed by atoms with Crippen LogP contribution in [0.5, 0.6) is 0 Å². The molecular formula is C25H17BrFNO3. The second-order valence-electron chi connectivity index (χ2n) is 7.46. The maximum absolute atomic E-state index is 13.6. The molecule has 0 radical (unpaired) electrons. The number of benzene rings is 3. The fraction of sp³-hybridized carbons (Fsp3) is 0.120. The molecule has 3 aromatic carbocycles. The van der Waals surface area contributed by atoms with Gasteiger partial charge in [-0.25, -0.2) is 4.39 Å². The molecule has 6 heteroatoms. The molecule has 0 saturated heterocycles. The summed E-state index contributed by atoms with van der Waals surface area (Å²) >= 11 is 3.39. The number of fused-ring (bicyclic) bond motifs is 2. The van der Waals surface area contributed by atoms with Gasteiger partial charge < -0.3 is 4.42 Å². The van der Waals surface area contributed by atoms with Gasteiger partial charge in [0.15, 0.2) is 5.43 Å². The van der Waals surface area contributed by atoms with Crippen LogP contribution in [-0.4, -0.2) is 5.91 Å². The van der Waals surface area contributed by atoms with E-state index in [4.69, 9.17) is 4.42 Å². The first-order valence-corrected chi connectivity index (χ1v) is 10.7. The number of hydrogen-bond acceptors (Lipinski definition) is 3. The Morgan fingerprint density at radius 2 is 1.71 bits per heavy atom. The highest BCUT2D eigenvalue weighted by atomic mass is 79.9.